The highest BCUT2D eigenvalue weighted by molar-refractivity contribution is 5.60. The van der Waals surface area contributed by atoms with Gasteiger partial charge in [0.2, 0.25) is 11.7 Å². The molecule has 1 heterocycles. The van der Waals surface area contributed by atoms with E-state index in [1.165, 1.54) is 40.2 Å². The SMILES string of the molecule is CCCCCCOC(=O)OC.CCCCCOC(=O)OC.CCCCOC(=O)OC.Cc1nc(-c2ccc(C)c(F)c2)no1. The second-order valence-corrected chi connectivity index (χ2v) is 9.13. The zero-order valence-corrected chi connectivity index (χ0v) is 27.6. The van der Waals surface area contributed by atoms with Crippen molar-refractivity contribution in [2.45, 2.75) is 92.4 Å². The molecule has 0 atom stereocenters. The maximum atomic E-state index is 13.2. The maximum Gasteiger partial charge on any atom is 0.507 e. The van der Waals surface area contributed by atoms with E-state index in [9.17, 15) is 18.8 Å². The first-order valence-electron chi connectivity index (χ1n) is 14.8. The fraction of sp³-hybridized carbons (Fsp3) is 0.645. The molecule has 252 valence electrons. The van der Waals surface area contributed by atoms with Crippen LogP contribution < -0.4 is 0 Å². The van der Waals surface area contributed by atoms with Crippen molar-refractivity contribution in [1.82, 2.24) is 10.1 Å². The van der Waals surface area contributed by atoms with Crippen LogP contribution in [0.5, 0.6) is 0 Å². The highest BCUT2D eigenvalue weighted by atomic mass is 19.1. The lowest BCUT2D eigenvalue weighted by Crippen LogP contribution is -2.05. The minimum atomic E-state index is -0.594. The lowest BCUT2D eigenvalue weighted by atomic mass is 10.1. The van der Waals surface area contributed by atoms with E-state index in [0.717, 1.165) is 44.9 Å². The Hall–Kier alpha value is -3.90. The molecule has 12 nitrogen and oxygen atoms in total. The summed E-state index contributed by atoms with van der Waals surface area (Å²) in [7, 11) is 3.92. The predicted octanol–water partition coefficient (Wildman–Crippen LogP) is 8.37. The highest BCUT2D eigenvalue weighted by Crippen LogP contribution is 2.18. The Kier molecular flexibility index (Phi) is 28.0. The molecule has 0 amide bonds. The number of unbranched alkanes of at least 4 members (excludes halogenated alkanes) is 6. The van der Waals surface area contributed by atoms with Crippen LogP contribution in [0.3, 0.4) is 0 Å². The van der Waals surface area contributed by atoms with E-state index in [1.807, 2.05) is 6.92 Å². The smallest absolute Gasteiger partial charge is 0.438 e. The van der Waals surface area contributed by atoms with E-state index in [4.69, 9.17) is 4.52 Å². The van der Waals surface area contributed by atoms with Gasteiger partial charge < -0.3 is 32.9 Å². The molecule has 2 aromatic rings. The van der Waals surface area contributed by atoms with Gasteiger partial charge in [-0.05, 0) is 37.8 Å². The van der Waals surface area contributed by atoms with Gasteiger partial charge in [-0.15, -0.1) is 0 Å². The Morgan fingerprint density at radius 3 is 1.57 bits per heavy atom. The molecule has 0 radical (unpaired) electrons. The molecule has 0 saturated heterocycles. The topological polar surface area (TPSA) is 146 Å². The summed E-state index contributed by atoms with van der Waals surface area (Å²) < 4.78 is 44.7. The van der Waals surface area contributed by atoms with Crippen molar-refractivity contribution in [1.29, 1.82) is 0 Å². The van der Waals surface area contributed by atoms with Crippen molar-refractivity contribution < 1.29 is 51.7 Å². The molecule has 1 aromatic heterocycles. The summed E-state index contributed by atoms with van der Waals surface area (Å²) in [6, 6.07) is 4.86. The number of ether oxygens (including phenoxy) is 6. The predicted molar refractivity (Wildman–Crippen MR) is 163 cm³/mol. The molecule has 0 unspecified atom stereocenters. The Morgan fingerprint density at radius 1 is 0.705 bits per heavy atom. The van der Waals surface area contributed by atoms with Gasteiger partial charge in [-0.1, -0.05) is 76.6 Å². The molecule has 0 bridgehead atoms. The monoisotopic (exact) mass is 630 g/mol. The number of hydrogen-bond donors (Lipinski definition) is 0. The summed E-state index contributed by atoms with van der Waals surface area (Å²) in [6.07, 6.45) is 7.75. The first-order valence-corrected chi connectivity index (χ1v) is 14.8. The standard InChI is InChI=1S/C10H9FN2O.C8H16O3.C7H14O3.C6H12O3/c1-6-3-4-8(5-9(6)11)10-12-7(2)14-13-10;1-3-4-5-6-7-11-8(9)10-2;1-3-4-5-6-10-7(8)9-2;1-3-4-5-9-6(7)8-2/h3-5H,1-2H3;3-7H2,1-2H3;3-6H2,1-2H3;3-5H2,1-2H3. The van der Waals surface area contributed by atoms with Gasteiger partial charge in [0.15, 0.2) is 0 Å². The molecule has 0 saturated carbocycles. The highest BCUT2D eigenvalue weighted by Gasteiger charge is 2.07. The van der Waals surface area contributed by atoms with E-state index in [1.54, 1.807) is 26.0 Å². The minimum Gasteiger partial charge on any atom is -0.438 e. The zero-order chi connectivity index (χ0) is 33.6. The van der Waals surface area contributed by atoms with Crippen LogP contribution in [0, 0.1) is 19.7 Å². The van der Waals surface area contributed by atoms with Crippen LogP contribution in [0.4, 0.5) is 18.8 Å². The largest absolute Gasteiger partial charge is 0.507 e. The number of methoxy groups -OCH3 is 3. The number of hydrogen-bond acceptors (Lipinski definition) is 12. The third-order valence-electron chi connectivity index (χ3n) is 5.36. The van der Waals surface area contributed by atoms with E-state index in [0.29, 0.717) is 42.7 Å². The Balaban J connectivity index is 0. The average Bonchev–Trinajstić information content (AvgIpc) is 3.47. The van der Waals surface area contributed by atoms with Crippen LogP contribution in [0.25, 0.3) is 11.4 Å². The van der Waals surface area contributed by atoms with Crippen molar-refractivity contribution in [3.63, 3.8) is 0 Å². The summed E-state index contributed by atoms with van der Waals surface area (Å²) in [4.78, 5) is 35.0. The molecule has 0 aliphatic heterocycles. The van der Waals surface area contributed by atoms with Gasteiger partial charge in [-0.3, -0.25) is 0 Å². The maximum absolute atomic E-state index is 13.2. The molecular formula is C31H51FN2O10. The number of aromatic nitrogens is 2. The van der Waals surface area contributed by atoms with Gasteiger partial charge in [0.1, 0.15) is 5.82 Å². The van der Waals surface area contributed by atoms with Gasteiger partial charge in [0, 0.05) is 12.5 Å². The van der Waals surface area contributed by atoms with Crippen LogP contribution in [0.1, 0.15) is 90.0 Å². The molecule has 0 aliphatic rings. The van der Waals surface area contributed by atoms with Crippen molar-refractivity contribution in [2.24, 2.45) is 0 Å². The van der Waals surface area contributed by atoms with E-state index >= 15 is 0 Å². The summed E-state index contributed by atoms with van der Waals surface area (Å²) >= 11 is 0. The number of aryl methyl sites for hydroxylation is 2. The third kappa shape index (κ3) is 24.7. The molecule has 0 aliphatic carbocycles. The summed E-state index contributed by atoms with van der Waals surface area (Å²) in [5, 5.41) is 3.70. The number of benzene rings is 1. The van der Waals surface area contributed by atoms with E-state index in [-0.39, 0.29) is 5.82 Å². The summed E-state index contributed by atoms with van der Waals surface area (Å²) in [5.74, 6) is 0.632. The second-order valence-electron chi connectivity index (χ2n) is 9.13. The molecule has 44 heavy (non-hydrogen) atoms. The van der Waals surface area contributed by atoms with Crippen LogP contribution >= 0.6 is 0 Å². The van der Waals surface area contributed by atoms with Crippen molar-refractivity contribution in [2.75, 3.05) is 41.2 Å². The number of carbonyl (C=O) groups is 3. The Bertz CT molecular complexity index is 1020. The lowest BCUT2D eigenvalue weighted by Gasteiger charge is -2.01. The normalized spacial score (nSPS) is 9.48. The van der Waals surface area contributed by atoms with Gasteiger partial charge in [-0.25, -0.2) is 18.8 Å². The summed E-state index contributed by atoms with van der Waals surface area (Å²) in [5.41, 5.74) is 1.24. The third-order valence-corrected chi connectivity index (χ3v) is 5.36. The van der Waals surface area contributed by atoms with Gasteiger partial charge in [0.05, 0.1) is 41.2 Å². The van der Waals surface area contributed by atoms with Crippen LogP contribution in [-0.2, 0) is 28.4 Å². The van der Waals surface area contributed by atoms with Crippen LogP contribution in [0.2, 0.25) is 0 Å². The number of carbonyl (C=O) groups excluding carboxylic acids is 3. The zero-order valence-electron chi connectivity index (χ0n) is 27.6. The fourth-order valence-corrected chi connectivity index (χ4v) is 2.82. The average molecular weight is 631 g/mol. The first-order chi connectivity index (χ1) is 21.1. The molecule has 0 fully saturated rings. The van der Waals surface area contributed by atoms with Crippen molar-refractivity contribution >= 4 is 18.5 Å². The van der Waals surface area contributed by atoms with Gasteiger partial charge in [0.25, 0.3) is 0 Å². The Labute approximate surface area is 260 Å². The quantitative estimate of drug-likeness (QED) is 0.119. The molecule has 2 rings (SSSR count). The summed E-state index contributed by atoms with van der Waals surface area (Å²) in [6.45, 7) is 11.1. The number of rotatable bonds is 13. The number of nitrogens with zero attached hydrogens (tertiary/aromatic N) is 2. The number of halogens is 1. The van der Waals surface area contributed by atoms with Crippen LogP contribution in [-0.4, -0.2) is 69.8 Å². The second kappa shape index (κ2) is 29.2. The van der Waals surface area contributed by atoms with Crippen molar-refractivity contribution in [3.8, 4) is 11.4 Å². The molecular weight excluding hydrogens is 579 g/mol. The fourth-order valence-electron chi connectivity index (χ4n) is 2.82. The molecule has 0 spiro atoms. The lowest BCUT2D eigenvalue weighted by molar-refractivity contribution is 0.0704. The Morgan fingerprint density at radius 2 is 1.16 bits per heavy atom. The van der Waals surface area contributed by atoms with Gasteiger partial charge >= 0.3 is 18.5 Å². The molecule has 13 heteroatoms. The first kappa shape index (κ1) is 42.2. The minimum absolute atomic E-state index is 0.259. The van der Waals surface area contributed by atoms with Crippen LogP contribution in [0.15, 0.2) is 22.7 Å². The molecule has 0 N–H and O–H groups in total. The van der Waals surface area contributed by atoms with E-state index < -0.39 is 18.5 Å². The van der Waals surface area contributed by atoms with E-state index in [2.05, 4.69) is 52.4 Å². The van der Waals surface area contributed by atoms with Gasteiger partial charge in [-0.2, -0.15) is 4.98 Å². The van der Waals surface area contributed by atoms with Crippen molar-refractivity contribution in [3.05, 3.63) is 35.5 Å². The molecule has 1 aromatic carbocycles.